The predicted octanol–water partition coefficient (Wildman–Crippen LogP) is 1.87. The van der Waals surface area contributed by atoms with Crippen molar-refractivity contribution in [2.75, 3.05) is 0 Å². The maximum atomic E-state index is 10.8. The van der Waals surface area contributed by atoms with Gasteiger partial charge in [0.1, 0.15) is 6.04 Å². The largest absolute Gasteiger partial charge is 0.480 e. The average Bonchev–Trinajstić information content (AvgIpc) is 2.68. The lowest BCUT2D eigenvalue weighted by atomic mass is 10.0. The minimum Gasteiger partial charge on any atom is -0.480 e. The number of aryl methyl sites for hydroxylation is 1. The van der Waals surface area contributed by atoms with E-state index in [2.05, 4.69) is 29.6 Å². The zero-order valence-corrected chi connectivity index (χ0v) is 8.73. The summed E-state index contributed by atoms with van der Waals surface area (Å²) in [5.74, 6) is -0.746. The third kappa shape index (κ3) is 2.18. The van der Waals surface area contributed by atoms with Crippen molar-refractivity contribution in [3.63, 3.8) is 0 Å². The monoisotopic (exact) mass is 205 g/mol. The number of carboxylic acids is 1. The summed E-state index contributed by atoms with van der Waals surface area (Å²) < 4.78 is 0. The van der Waals surface area contributed by atoms with Crippen LogP contribution in [-0.2, 0) is 4.79 Å². The van der Waals surface area contributed by atoms with E-state index < -0.39 is 5.97 Å². The van der Waals surface area contributed by atoms with Crippen LogP contribution in [0.15, 0.2) is 24.3 Å². The fourth-order valence-corrected chi connectivity index (χ4v) is 2.00. The lowest BCUT2D eigenvalue weighted by Crippen LogP contribution is -2.31. The van der Waals surface area contributed by atoms with Gasteiger partial charge in [-0.05, 0) is 25.3 Å². The normalized spacial score (nSPS) is 25.4. The van der Waals surface area contributed by atoms with Gasteiger partial charge < -0.3 is 5.11 Å². The van der Waals surface area contributed by atoms with E-state index in [0.29, 0.717) is 6.42 Å². The molecule has 2 N–H and O–H groups in total. The maximum Gasteiger partial charge on any atom is 0.320 e. The Morgan fingerprint density at radius 1 is 1.33 bits per heavy atom. The van der Waals surface area contributed by atoms with Crippen LogP contribution >= 0.6 is 0 Å². The molecule has 1 aliphatic rings. The van der Waals surface area contributed by atoms with E-state index in [9.17, 15) is 4.79 Å². The smallest absolute Gasteiger partial charge is 0.320 e. The molecule has 1 aliphatic heterocycles. The Bertz CT molecular complexity index is 358. The van der Waals surface area contributed by atoms with Gasteiger partial charge in [-0.3, -0.25) is 10.1 Å². The second-order valence-corrected chi connectivity index (χ2v) is 4.10. The first-order valence-corrected chi connectivity index (χ1v) is 5.22. The van der Waals surface area contributed by atoms with Crippen molar-refractivity contribution in [3.8, 4) is 0 Å². The third-order valence-electron chi connectivity index (χ3n) is 2.92. The quantitative estimate of drug-likeness (QED) is 0.775. The van der Waals surface area contributed by atoms with Crippen molar-refractivity contribution in [3.05, 3.63) is 35.4 Å². The minimum atomic E-state index is -0.746. The molecule has 80 valence electrons. The van der Waals surface area contributed by atoms with Crippen LogP contribution in [0.4, 0.5) is 0 Å². The second kappa shape index (κ2) is 4.03. The van der Waals surface area contributed by atoms with E-state index in [0.717, 1.165) is 6.42 Å². The number of carboxylic acid groups (broad SMARTS) is 1. The van der Waals surface area contributed by atoms with Gasteiger partial charge in [0.05, 0.1) is 0 Å². The first-order valence-electron chi connectivity index (χ1n) is 5.22. The summed E-state index contributed by atoms with van der Waals surface area (Å²) in [7, 11) is 0. The van der Waals surface area contributed by atoms with Gasteiger partial charge in [0.2, 0.25) is 0 Å². The van der Waals surface area contributed by atoms with Crippen molar-refractivity contribution in [1.29, 1.82) is 0 Å². The summed E-state index contributed by atoms with van der Waals surface area (Å²) in [4.78, 5) is 10.8. The maximum absolute atomic E-state index is 10.8. The lowest BCUT2D eigenvalue weighted by molar-refractivity contribution is -0.139. The SMILES string of the molecule is Cc1ccc(C2CC[C@@H](C(=O)O)N2)cc1. The number of aliphatic carboxylic acids is 1. The molecule has 0 saturated carbocycles. The summed E-state index contributed by atoms with van der Waals surface area (Å²) in [5, 5.41) is 12.0. The molecular weight excluding hydrogens is 190 g/mol. The first kappa shape index (κ1) is 10.2. The van der Waals surface area contributed by atoms with Crippen molar-refractivity contribution in [1.82, 2.24) is 5.32 Å². The van der Waals surface area contributed by atoms with Gasteiger partial charge in [-0.1, -0.05) is 29.8 Å². The molecule has 1 saturated heterocycles. The highest BCUT2D eigenvalue weighted by Crippen LogP contribution is 2.26. The summed E-state index contributed by atoms with van der Waals surface area (Å²) in [5.41, 5.74) is 2.41. The molecule has 1 unspecified atom stereocenters. The Hall–Kier alpha value is -1.35. The highest BCUT2D eigenvalue weighted by atomic mass is 16.4. The summed E-state index contributed by atoms with van der Waals surface area (Å²) in [6.45, 7) is 2.05. The van der Waals surface area contributed by atoms with E-state index in [1.165, 1.54) is 11.1 Å². The van der Waals surface area contributed by atoms with Gasteiger partial charge in [0.15, 0.2) is 0 Å². The first-order chi connectivity index (χ1) is 7.16. The van der Waals surface area contributed by atoms with Crippen LogP contribution in [0.2, 0.25) is 0 Å². The molecule has 0 radical (unpaired) electrons. The summed E-state index contributed by atoms with van der Waals surface area (Å²) in [6.07, 6.45) is 1.62. The Kier molecular flexibility index (Phi) is 2.73. The number of hydrogen-bond donors (Lipinski definition) is 2. The predicted molar refractivity (Wildman–Crippen MR) is 57.7 cm³/mol. The van der Waals surface area contributed by atoms with Gasteiger partial charge >= 0.3 is 5.97 Å². The Balaban J connectivity index is 2.07. The van der Waals surface area contributed by atoms with Gasteiger partial charge in [0, 0.05) is 6.04 Å². The van der Waals surface area contributed by atoms with Crippen LogP contribution in [0, 0.1) is 6.92 Å². The summed E-state index contributed by atoms with van der Waals surface area (Å²) >= 11 is 0. The zero-order chi connectivity index (χ0) is 10.8. The van der Waals surface area contributed by atoms with E-state index in [1.54, 1.807) is 0 Å². The Labute approximate surface area is 89.1 Å². The topological polar surface area (TPSA) is 49.3 Å². The molecule has 0 bridgehead atoms. The number of benzene rings is 1. The number of rotatable bonds is 2. The van der Waals surface area contributed by atoms with Crippen LogP contribution in [0.5, 0.6) is 0 Å². The molecule has 1 heterocycles. The number of carbonyl (C=O) groups is 1. The number of hydrogen-bond acceptors (Lipinski definition) is 2. The molecule has 0 spiro atoms. The molecule has 0 aromatic heterocycles. The molecule has 3 nitrogen and oxygen atoms in total. The molecule has 1 aromatic rings. The van der Waals surface area contributed by atoms with E-state index in [4.69, 9.17) is 5.11 Å². The van der Waals surface area contributed by atoms with E-state index in [-0.39, 0.29) is 12.1 Å². The minimum absolute atomic E-state index is 0.201. The Morgan fingerprint density at radius 3 is 2.53 bits per heavy atom. The van der Waals surface area contributed by atoms with Crippen LogP contribution in [-0.4, -0.2) is 17.1 Å². The lowest BCUT2D eigenvalue weighted by Gasteiger charge is -2.12. The zero-order valence-electron chi connectivity index (χ0n) is 8.73. The van der Waals surface area contributed by atoms with Gasteiger partial charge in [-0.2, -0.15) is 0 Å². The van der Waals surface area contributed by atoms with Gasteiger partial charge in [-0.15, -0.1) is 0 Å². The van der Waals surface area contributed by atoms with Crippen LogP contribution in [0.1, 0.15) is 30.0 Å². The average molecular weight is 205 g/mol. The second-order valence-electron chi connectivity index (χ2n) is 4.10. The highest BCUT2D eigenvalue weighted by Gasteiger charge is 2.29. The van der Waals surface area contributed by atoms with Crippen LogP contribution in [0.25, 0.3) is 0 Å². The molecule has 0 amide bonds. The standard InChI is InChI=1S/C12H15NO2/c1-8-2-4-9(5-3-8)10-6-7-11(13-10)12(14)15/h2-5,10-11,13H,6-7H2,1H3,(H,14,15)/t10?,11-/m0/s1. The third-order valence-corrected chi connectivity index (χ3v) is 2.92. The molecule has 2 rings (SSSR count). The van der Waals surface area contributed by atoms with Crippen molar-refractivity contribution in [2.45, 2.75) is 31.8 Å². The fraction of sp³-hybridized carbons (Fsp3) is 0.417. The number of nitrogens with one attached hydrogen (secondary N) is 1. The van der Waals surface area contributed by atoms with Gasteiger partial charge in [0.25, 0.3) is 0 Å². The van der Waals surface area contributed by atoms with Crippen molar-refractivity contribution >= 4 is 5.97 Å². The highest BCUT2D eigenvalue weighted by molar-refractivity contribution is 5.73. The molecule has 1 fully saturated rings. The molecule has 2 atom stereocenters. The molecule has 1 aromatic carbocycles. The fourth-order valence-electron chi connectivity index (χ4n) is 2.00. The summed E-state index contributed by atoms with van der Waals surface area (Å²) in [6, 6.07) is 8.08. The van der Waals surface area contributed by atoms with Crippen molar-refractivity contribution < 1.29 is 9.90 Å². The Morgan fingerprint density at radius 2 is 2.00 bits per heavy atom. The van der Waals surface area contributed by atoms with E-state index in [1.807, 2.05) is 6.92 Å². The van der Waals surface area contributed by atoms with Gasteiger partial charge in [-0.25, -0.2) is 0 Å². The van der Waals surface area contributed by atoms with E-state index >= 15 is 0 Å². The van der Waals surface area contributed by atoms with Crippen LogP contribution < -0.4 is 5.32 Å². The molecule has 0 aliphatic carbocycles. The molecular formula is C12H15NO2. The van der Waals surface area contributed by atoms with Crippen molar-refractivity contribution in [2.24, 2.45) is 0 Å². The van der Waals surface area contributed by atoms with Crippen LogP contribution in [0.3, 0.4) is 0 Å². The molecule has 15 heavy (non-hydrogen) atoms. The molecule has 3 heteroatoms.